The lowest BCUT2D eigenvalue weighted by Gasteiger charge is -2.19. The minimum Gasteiger partial charge on any atom is -0.737 e. The molecule has 0 aromatic heterocycles. The summed E-state index contributed by atoms with van der Waals surface area (Å²) in [5.74, 6) is 0.602. The van der Waals surface area contributed by atoms with E-state index in [1.807, 2.05) is 0 Å². The Kier molecular flexibility index (Phi) is 7.71. The molecule has 6 nitrogen and oxygen atoms in total. The molecule has 0 rings (SSSR count). The molecule has 0 bridgehead atoms. The van der Waals surface area contributed by atoms with E-state index in [9.17, 15) is 10.4 Å². The van der Waals surface area contributed by atoms with Gasteiger partial charge in [0.15, 0.2) is 0 Å². The number of hydrogen-bond acceptors (Lipinski definition) is 4. The maximum Gasteiger partial charge on any atom is 0.0779 e. The first-order valence-electron chi connectivity index (χ1n) is 5.37. The highest BCUT2D eigenvalue weighted by molar-refractivity contribution is 4.51. The Morgan fingerprint density at radius 3 is 2.40 bits per heavy atom. The van der Waals surface area contributed by atoms with Crippen LogP contribution in [-0.2, 0) is 0 Å². The van der Waals surface area contributed by atoms with E-state index < -0.39 is 0 Å². The molecule has 0 saturated heterocycles. The van der Waals surface area contributed by atoms with Gasteiger partial charge in [0.05, 0.1) is 13.1 Å². The monoisotopic (exact) mass is 217 g/mol. The van der Waals surface area contributed by atoms with Crippen LogP contribution in [0.25, 0.3) is 0 Å². The third-order valence-corrected chi connectivity index (χ3v) is 2.13. The summed E-state index contributed by atoms with van der Waals surface area (Å²) in [7, 11) is 0. The first-order valence-corrected chi connectivity index (χ1v) is 5.37. The van der Waals surface area contributed by atoms with Gasteiger partial charge in [-0.1, -0.05) is 13.8 Å². The Hall–Kier alpha value is -1.04. The molecule has 0 aromatic rings. The van der Waals surface area contributed by atoms with Gasteiger partial charge in [0.2, 0.25) is 0 Å². The molecule has 0 spiro atoms. The zero-order valence-electron chi connectivity index (χ0n) is 9.56. The highest BCUT2D eigenvalue weighted by Crippen LogP contribution is 2.05. The molecule has 0 aliphatic heterocycles. The van der Waals surface area contributed by atoms with E-state index in [0.29, 0.717) is 32.0 Å². The normalized spacial score (nSPS) is 12.1. The molecule has 0 fully saturated rings. The van der Waals surface area contributed by atoms with Crippen molar-refractivity contribution in [3.8, 4) is 0 Å². The van der Waals surface area contributed by atoms with E-state index in [1.165, 1.54) is 5.01 Å². The summed E-state index contributed by atoms with van der Waals surface area (Å²) in [5, 5.41) is 24.9. The van der Waals surface area contributed by atoms with E-state index in [1.54, 1.807) is 0 Å². The molecule has 90 valence electrons. The SMILES string of the molecule is CC(C)CCCN(CCCN)/[N+]([O-])=N/[O-]. The van der Waals surface area contributed by atoms with Gasteiger partial charge < -0.3 is 16.1 Å². The van der Waals surface area contributed by atoms with Crippen LogP contribution in [0.15, 0.2) is 5.28 Å². The molecule has 0 amide bonds. The summed E-state index contributed by atoms with van der Waals surface area (Å²) in [6.45, 7) is 5.80. The van der Waals surface area contributed by atoms with E-state index in [0.717, 1.165) is 12.8 Å². The van der Waals surface area contributed by atoms with Crippen LogP contribution in [0, 0.1) is 16.3 Å². The molecule has 0 heterocycles. The van der Waals surface area contributed by atoms with Crippen LogP contribution in [0.5, 0.6) is 0 Å². The molecule has 0 atom stereocenters. The van der Waals surface area contributed by atoms with E-state index >= 15 is 0 Å². The molecular weight excluding hydrogens is 196 g/mol. The first kappa shape index (κ1) is 14.0. The lowest BCUT2D eigenvalue weighted by molar-refractivity contribution is -0.690. The standard InChI is InChI=1S/C9H22N4O2/c1-9(2)5-3-7-12(8-4-6-10)13(15)11-14/h9,14H,3-8,10H2,1-2H3/p-1/b13-11-. The molecule has 0 aliphatic rings. The molecule has 0 saturated carbocycles. The van der Waals surface area contributed by atoms with Crippen LogP contribution in [0.2, 0.25) is 0 Å². The van der Waals surface area contributed by atoms with Gasteiger partial charge in [-0.3, -0.25) is 0 Å². The highest BCUT2D eigenvalue weighted by atomic mass is 16.6. The van der Waals surface area contributed by atoms with Gasteiger partial charge in [0.25, 0.3) is 0 Å². The van der Waals surface area contributed by atoms with Crippen LogP contribution >= 0.6 is 0 Å². The third kappa shape index (κ3) is 6.96. The minimum atomic E-state index is 0.121. The first-order chi connectivity index (χ1) is 7.11. The average Bonchev–Trinajstić information content (AvgIpc) is 2.21. The van der Waals surface area contributed by atoms with Crippen molar-refractivity contribution < 1.29 is 4.97 Å². The Morgan fingerprint density at radius 2 is 1.93 bits per heavy atom. The predicted molar refractivity (Wildman–Crippen MR) is 58.7 cm³/mol. The Balaban J connectivity index is 3.90. The molecule has 2 N–H and O–H groups in total. The number of rotatable bonds is 8. The number of nitrogens with two attached hydrogens (primary N) is 1. The number of hydrogen-bond donors (Lipinski definition) is 1. The van der Waals surface area contributed by atoms with Gasteiger partial charge in [-0.2, -0.15) is 0 Å². The molecule has 0 radical (unpaired) electrons. The number of nitrogens with zero attached hydrogens (tertiary/aromatic N) is 3. The van der Waals surface area contributed by atoms with Crippen LogP contribution in [-0.4, -0.2) is 29.6 Å². The summed E-state index contributed by atoms with van der Waals surface area (Å²) < 4.78 is 0. The molecule has 0 unspecified atom stereocenters. The second-order valence-electron chi connectivity index (χ2n) is 3.97. The van der Waals surface area contributed by atoms with Crippen molar-refractivity contribution in [2.45, 2.75) is 33.1 Å². The zero-order valence-corrected chi connectivity index (χ0v) is 9.56. The van der Waals surface area contributed by atoms with Crippen molar-refractivity contribution in [2.75, 3.05) is 19.6 Å². The van der Waals surface area contributed by atoms with Crippen molar-refractivity contribution in [3.05, 3.63) is 10.4 Å². The van der Waals surface area contributed by atoms with Crippen molar-refractivity contribution in [3.63, 3.8) is 0 Å². The van der Waals surface area contributed by atoms with Crippen LogP contribution in [0.4, 0.5) is 0 Å². The third-order valence-electron chi connectivity index (χ3n) is 2.13. The Morgan fingerprint density at radius 1 is 1.33 bits per heavy atom. The fraction of sp³-hybridized carbons (Fsp3) is 1.00. The van der Waals surface area contributed by atoms with Crippen molar-refractivity contribution in [1.29, 1.82) is 0 Å². The fourth-order valence-electron chi connectivity index (χ4n) is 1.29. The van der Waals surface area contributed by atoms with Gasteiger partial charge in [-0.05, 0) is 37.0 Å². The molecular formula is C9H21N4O2-. The molecule has 6 heteroatoms. The van der Waals surface area contributed by atoms with Gasteiger partial charge in [0.1, 0.15) is 0 Å². The van der Waals surface area contributed by atoms with Crippen molar-refractivity contribution in [2.24, 2.45) is 16.9 Å². The Labute approximate surface area is 90.9 Å². The van der Waals surface area contributed by atoms with Crippen LogP contribution < -0.4 is 5.73 Å². The second-order valence-corrected chi connectivity index (χ2v) is 3.97. The fourth-order valence-corrected chi connectivity index (χ4v) is 1.29. The van der Waals surface area contributed by atoms with Crippen molar-refractivity contribution >= 4 is 0 Å². The summed E-state index contributed by atoms with van der Waals surface area (Å²) in [6.07, 6.45) is 2.61. The van der Waals surface area contributed by atoms with Gasteiger partial charge in [0, 0.05) is 4.97 Å². The van der Waals surface area contributed by atoms with Crippen LogP contribution in [0.3, 0.4) is 0 Å². The van der Waals surface area contributed by atoms with E-state index in [4.69, 9.17) is 5.73 Å². The topological polar surface area (TPSA) is 90.8 Å². The van der Waals surface area contributed by atoms with Crippen molar-refractivity contribution in [1.82, 2.24) is 5.01 Å². The summed E-state index contributed by atoms with van der Waals surface area (Å²) in [5.41, 5.74) is 5.34. The van der Waals surface area contributed by atoms with Crippen LogP contribution in [0.1, 0.15) is 33.1 Å². The van der Waals surface area contributed by atoms with E-state index in [2.05, 4.69) is 19.1 Å². The quantitative estimate of drug-likeness (QED) is 0.378. The van der Waals surface area contributed by atoms with Gasteiger partial charge in [-0.15, -0.1) is 5.01 Å². The maximum atomic E-state index is 11.0. The number of hydrazine groups is 1. The summed E-state index contributed by atoms with van der Waals surface area (Å²) in [6, 6.07) is 0. The zero-order chi connectivity index (χ0) is 11.7. The van der Waals surface area contributed by atoms with Gasteiger partial charge >= 0.3 is 0 Å². The van der Waals surface area contributed by atoms with E-state index in [-0.39, 0.29) is 4.97 Å². The van der Waals surface area contributed by atoms with Gasteiger partial charge in [-0.25, -0.2) is 0 Å². The second kappa shape index (κ2) is 8.28. The lowest BCUT2D eigenvalue weighted by atomic mass is 10.1. The molecule has 0 aliphatic carbocycles. The highest BCUT2D eigenvalue weighted by Gasteiger charge is 2.10. The Bertz CT molecular complexity index is 185. The smallest absolute Gasteiger partial charge is 0.0779 e. The summed E-state index contributed by atoms with van der Waals surface area (Å²) in [4.78, 5) is 0.121. The lowest BCUT2D eigenvalue weighted by Crippen LogP contribution is -2.33. The average molecular weight is 217 g/mol. The summed E-state index contributed by atoms with van der Waals surface area (Å²) >= 11 is 0. The predicted octanol–water partition coefficient (Wildman–Crippen LogP) is 1.45. The maximum absolute atomic E-state index is 11.0. The molecule has 0 aromatic carbocycles. The molecule has 15 heavy (non-hydrogen) atoms. The minimum absolute atomic E-state index is 0.121. The largest absolute Gasteiger partial charge is 0.737 e.